The van der Waals surface area contributed by atoms with Gasteiger partial charge in [0.05, 0.1) is 0 Å². The molecule has 1 amide bonds. The zero-order valence-corrected chi connectivity index (χ0v) is 11.5. The quantitative estimate of drug-likeness (QED) is 0.877. The number of nitrogens with zero attached hydrogens (tertiary/aromatic N) is 1. The van der Waals surface area contributed by atoms with Crippen LogP contribution in [0.2, 0.25) is 0 Å². The molecule has 0 fully saturated rings. The first-order valence-corrected chi connectivity index (χ1v) is 6.78. The van der Waals surface area contributed by atoms with Crippen LogP contribution in [-0.4, -0.2) is 16.4 Å². The fourth-order valence-electron chi connectivity index (χ4n) is 1.59. The van der Waals surface area contributed by atoms with Crippen molar-refractivity contribution in [1.29, 1.82) is 0 Å². The van der Waals surface area contributed by atoms with Crippen LogP contribution in [0.4, 0.5) is 13.2 Å². The molecule has 0 spiro atoms. The summed E-state index contributed by atoms with van der Waals surface area (Å²) in [5.74, 6) is -0.338. The van der Waals surface area contributed by atoms with Gasteiger partial charge < -0.3 is 5.32 Å². The van der Waals surface area contributed by atoms with Crippen LogP contribution in [0.1, 0.15) is 15.9 Å². The van der Waals surface area contributed by atoms with Crippen LogP contribution < -0.4 is 5.32 Å². The van der Waals surface area contributed by atoms with Gasteiger partial charge in [-0.3, -0.25) is 9.78 Å². The van der Waals surface area contributed by atoms with E-state index in [0.717, 1.165) is 5.56 Å². The van der Waals surface area contributed by atoms with E-state index in [9.17, 15) is 18.0 Å². The summed E-state index contributed by atoms with van der Waals surface area (Å²) < 4.78 is 36.6. The predicted molar refractivity (Wildman–Crippen MR) is 73.8 cm³/mol. The number of thioether (sulfide) groups is 1. The SMILES string of the molecule is O=C(NCc1ccncc1)c1ccc(SC(F)(F)F)cc1. The minimum atomic E-state index is -4.33. The maximum absolute atomic E-state index is 12.2. The molecule has 1 aromatic carbocycles. The first-order chi connectivity index (χ1) is 9.94. The molecular weight excluding hydrogens is 301 g/mol. The van der Waals surface area contributed by atoms with Gasteiger partial charge in [-0.15, -0.1) is 0 Å². The lowest BCUT2D eigenvalue weighted by Gasteiger charge is -2.07. The molecule has 0 aliphatic carbocycles. The first-order valence-electron chi connectivity index (χ1n) is 5.97. The summed E-state index contributed by atoms with van der Waals surface area (Å²) >= 11 is -0.207. The summed E-state index contributed by atoms with van der Waals surface area (Å²) in [6.07, 6.45) is 3.23. The van der Waals surface area contributed by atoms with E-state index < -0.39 is 5.51 Å². The topological polar surface area (TPSA) is 42.0 Å². The Morgan fingerprint density at radius 1 is 1.10 bits per heavy atom. The highest BCUT2D eigenvalue weighted by atomic mass is 32.2. The van der Waals surface area contributed by atoms with Crippen molar-refractivity contribution in [3.8, 4) is 0 Å². The second-order valence-corrected chi connectivity index (χ2v) is 5.25. The molecule has 3 nitrogen and oxygen atoms in total. The normalized spacial score (nSPS) is 11.2. The summed E-state index contributed by atoms with van der Waals surface area (Å²) in [4.78, 5) is 15.8. The summed E-state index contributed by atoms with van der Waals surface area (Å²) in [7, 11) is 0. The van der Waals surface area contributed by atoms with E-state index in [2.05, 4.69) is 10.3 Å². The standard InChI is InChI=1S/C14H11F3N2OS/c15-14(16,17)21-12-3-1-11(2-4-12)13(20)19-9-10-5-7-18-8-6-10/h1-8H,9H2,(H,19,20). The van der Waals surface area contributed by atoms with Gasteiger partial charge in [0.25, 0.3) is 5.91 Å². The molecule has 0 atom stereocenters. The van der Waals surface area contributed by atoms with E-state index >= 15 is 0 Å². The number of rotatable bonds is 4. The third-order valence-corrected chi connectivity index (χ3v) is 3.29. The van der Waals surface area contributed by atoms with Gasteiger partial charge in [0.15, 0.2) is 0 Å². The van der Waals surface area contributed by atoms with Crippen molar-refractivity contribution in [2.45, 2.75) is 16.9 Å². The first kappa shape index (κ1) is 15.4. The van der Waals surface area contributed by atoms with Crippen LogP contribution in [0, 0.1) is 0 Å². The minimum absolute atomic E-state index is 0.0492. The predicted octanol–water partition coefficient (Wildman–Crippen LogP) is 3.62. The van der Waals surface area contributed by atoms with Gasteiger partial charge in [-0.1, -0.05) is 0 Å². The van der Waals surface area contributed by atoms with Gasteiger partial charge in [-0.05, 0) is 53.7 Å². The van der Waals surface area contributed by atoms with E-state index in [1.807, 2.05) is 0 Å². The molecule has 2 aromatic rings. The highest BCUT2D eigenvalue weighted by molar-refractivity contribution is 8.00. The van der Waals surface area contributed by atoms with E-state index in [1.54, 1.807) is 24.5 Å². The van der Waals surface area contributed by atoms with E-state index in [4.69, 9.17) is 0 Å². The van der Waals surface area contributed by atoms with Gasteiger partial charge in [0, 0.05) is 29.4 Å². The largest absolute Gasteiger partial charge is 0.446 e. The molecule has 0 saturated heterocycles. The zero-order chi connectivity index (χ0) is 15.3. The van der Waals surface area contributed by atoms with Crippen molar-refractivity contribution in [2.75, 3.05) is 0 Å². The van der Waals surface area contributed by atoms with Gasteiger partial charge in [-0.2, -0.15) is 13.2 Å². The average molecular weight is 312 g/mol. The van der Waals surface area contributed by atoms with E-state index in [0.29, 0.717) is 12.1 Å². The number of halogens is 3. The number of hydrogen-bond acceptors (Lipinski definition) is 3. The summed E-state index contributed by atoms with van der Waals surface area (Å²) in [6.45, 7) is 0.334. The summed E-state index contributed by atoms with van der Waals surface area (Å²) in [5, 5.41) is 2.69. The number of carbonyl (C=O) groups is 1. The van der Waals surface area contributed by atoms with Crippen LogP contribution in [0.25, 0.3) is 0 Å². The molecule has 0 aliphatic rings. The zero-order valence-electron chi connectivity index (χ0n) is 10.7. The lowest BCUT2D eigenvalue weighted by molar-refractivity contribution is -0.0328. The maximum atomic E-state index is 12.2. The smallest absolute Gasteiger partial charge is 0.348 e. The molecule has 0 unspecified atom stereocenters. The fourth-order valence-corrected chi connectivity index (χ4v) is 2.13. The average Bonchev–Trinajstić information content (AvgIpc) is 2.45. The van der Waals surface area contributed by atoms with Crippen molar-refractivity contribution < 1.29 is 18.0 Å². The Balaban J connectivity index is 1.94. The molecule has 0 aliphatic heterocycles. The van der Waals surface area contributed by atoms with Gasteiger partial charge >= 0.3 is 5.51 Å². The molecule has 0 radical (unpaired) electrons. The minimum Gasteiger partial charge on any atom is -0.348 e. The lowest BCUT2D eigenvalue weighted by Crippen LogP contribution is -2.22. The third kappa shape index (κ3) is 5.11. The molecule has 0 saturated carbocycles. The monoisotopic (exact) mass is 312 g/mol. The number of amides is 1. The van der Waals surface area contributed by atoms with Crippen molar-refractivity contribution in [1.82, 2.24) is 10.3 Å². The van der Waals surface area contributed by atoms with Crippen LogP contribution >= 0.6 is 11.8 Å². The molecule has 1 aromatic heterocycles. The van der Waals surface area contributed by atoms with Gasteiger partial charge in [0.1, 0.15) is 0 Å². The number of alkyl halides is 3. The maximum Gasteiger partial charge on any atom is 0.446 e. The number of nitrogens with one attached hydrogen (secondary N) is 1. The number of aromatic nitrogens is 1. The molecule has 110 valence electrons. The third-order valence-electron chi connectivity index (χ3n) is 2.55. The van der Waals surface area contributed by atoms with E-state index in [-0.39, 0.29) is 22.6 Å². The Labute approximate surface area is 123 Å². The number of benzene rings is 1. The Kier molecular flexibility index (Phi) is 4.85. The molecular formula is C14H11F3N2OS. The second-order valence-electron chi connectivity index (χ2n) is 4.11. The molecule has 2 rings (SSSR count). The summed E-state index contributed by atoms with van der Waals surface area (Å²) in [5.41, 5.74) is -3.12. The van der Waals surface area contributed by atoms with Crippen LogP contribution in [-0.2, 0) is 6.54 Å². The van der Waals surface area contributed by atoms with Crippen molar-refractivity contribution in [3.05, 3.63) is 59.9 Å². The fraction of sp³-hybridized carbons (Fsp3) is 0.143. The Bertz CT molecular complexity index is 600. The van der Waals surface area contributed by atoms with Gasteiger partial charge in [0.2, 0.25) is 0 Å². The van der Waals surface area contributed by atoms with Crippen molar-refractivity contribution in [3.63, 3.8) is 0 Å². The molecule has 1 N–H and O–H groups in total. The lowest BCUT2D eigenvalue weighted by atomic mass is 10.2. The van der Waals surface area contributed by atoms with Crippen molar-refractivity contribution in [2.24, 2.45) is 0 Å². The highest BCUT2D eigenvalue weighted by Crippen LogP contribution is 2.36. The Morgan fingerprint density at radius 2 is 1.71 bits per heavy atom. The number of pyridine rings is 1. The summed E-state index contributed by atoms with van der Waals surface area (Å²) in [6, 6.07) is 8.83. The van der Waals surface area contributed by atoms with Gasteiger partial charge in [-0.25, -0.2) is 0 Å². The second kappa shape index (κ2) is 6.62. The van der Waals surface area contributed by atoms with Crippen LogP contribution in [0.15, 0.2) is 53.7 Å². The number of hydrogen-bond donors (Lipinski definition) is 1. The molecule has 21 heavy (non-hydrogen) atoms. The Morgan fingerprint density at radius 3 is 2.29 bits per heavy atom. The molecule has 0 bridgehead atoms. The van der Waals surface area contributed by atoms with Crippen LogP contribution in [0.3, 0.4) is 0 Å². The highest BCUT2D eigenvalue weighted by Gasteiger charge is 2.29. The van der Waals surface area contributed by atoms with E-state index in [1.165, 1.54) is 24.3 Å². The Hall–Kier alpha value is -2.02. The molecule has 1 heterocycles. The number of carbonyl (C=O) groups excluding carboxylic acids is 1. The van der Waals surface area contributed by atoms with Crippen LogP contribution in [0.5, 0.6) is 0 Å². The molecule has 7 heteroatoms. The van der Waals surface area contributed by atoms with Crippen molar-refractivity contribution >= 4 is 17.7 Å².